The fourth-order valence-corrected chi connectivity index (χ4v) is 5.72. The predicted molar refractivity (Wildman–Crippen MR) is 112 cm³/mol. The molecule has 3 unspecified atom stereocenters. The number of carbonyl (C=O) groups is 3. The van der Waals surface area contributed by atoms with E-state index in [4.69, 9.17) is 0 Å². The average Bonchev–Trinajstić information content (AvgIpc) is 2.90. The van der Waals surface area contributed by atoms with Gasteiger partial charge >= 0.3 is 0 Å². The second-order valence-corrected chi connectivity index (χ2v) is 9.18. The Morgan fingerprint density at radius 2 is 1.97 bits per heavy atom. The number of rotatable bonds is 3. The molecule has 3 atom stereocenters. The molecule has 0 saturated carbocycles. The van der Waals surface area contributed by atoms with Crippen LogP contribution in [0.5, 0.6) is 0 Å². The highest BCUT2D eigenvalue weighted by atomic mass is 16.2. The molecular formula is C23H30N4O3. The van der Waals surface area contributed by atoms with Gasteiger partial charge in [0.15, 0.2) is 0 Å². The molecule has 30 heavy (non-hydrogen) atoms. The molecule has 3 amide bonds. The van der Waals surface area contributed by atoms with Crippen LogP contribution >= 0.6 is 0 Å². The third-order valence-electron chi connectivity index (χ3n) is 7.27. The lowest BCUT2D eigenvalue weighted by Crippen LogP contribution is -2.52. The van der Waals surface area contributed by atoms with E-state index in [1.165, 1.54) is 31.2 Å². The zero-order valence-corrected chi connectivity index (χ0v) is 17.4. The lowest BCUT2D eigenvalue weighted by atomic mass is 9.87. The van der Waals surface area contributed by atoms with Crippen molar-refractivity contribution in [3.63, 3.8) is 0 Å². The predicted octanol–water partition coefficient (Wildman–Crippen LogP) is 1.41. The summed E-state index contributed by atoms with van der Waals surface area (Å²) < 4.78 is 0. The minimum Gasteiger partial charge on any atom is -0.322 e. The van der Waals surface area contributed by atoms with Crippen molar-refractivity contribution in [2.75, 3.05) is 19.6 Å². The highest BCUT2D eigenvalue weighted by Crippen LogP contribution is 2.32. The summed E-state index contributed by atoms with van der Waals surface area (Å²) in [7, 11) is 0. The van der Waals surface area contributed by atoms with Gasteiger partial charge in [-0.05, 0) is 74.8 Å². The lowest BCUT2D eigenvalue weighted by Gasteiger charge is -2.40. The van der Waals surface area contributed by atoms with Crippen molar-refractivity contribution >= 4 is 17.7 Å². The fraction of sp³-hybridized carbons (Fsp3) is 0.609. The van der Waals surface area contributed by atoms with Crippen LogP contribution in [0.1, 0.15) is 60.0 Å². The molecule has 0 aromatic heterocycles. The van der Waals surface area contributed by atoms with Gasteiger partial charge in [-0.3, -0.25) is 24.6 Å². The standard InChI is InChI=1S/C23H30N4O3/c28-21-8-7-20(22(29)25-21)27-14-17-6-5-15(11-18(17)23(27)30)13-26-10-2-3-16-12-24-9-1-4-19(16)26/h5-6,11,16,19-20,24H,1-4,7-10,12-14H2,(H,25,28,29). The van der Waals surface area contributed by atoms with Gasteiger partial charge in [0.1, 0.15) is 6.04 Å². The Balaban J connectivity index is 1.31. The molecule has 1 aromatic carbocycles. The van der Waals surface area contributed by atoms with Crippen LogP contribution in [-0.4, -0.2) is 59.2 Å². The van der Waals surface area contributed by atoms with Crippen LogP contribution in [0.3, 0.4) is 0 Å². The van der Waals surface area contributed by atoms with Crippen molar-refractivity contribution in [1.29, 1.82) is 0 Å². The highest BCUT2D eigenvalue weighted by molar-refractivity contribution is 6.05. The Labute approximate surface area is 177 Å². The first-order chi connectivity index (χ1) is 14.6. The molecule has 4 aliphatic rings. The summed E-state index contributed by atoms with van der Waals surface area (Å²) >= 11 is 0. The number of hydrogen-bond acceptors (Lipinski definition) is 5. The smallest absolute Gasteiger partial charge is 0.255 e. The Morgan fingerprint density at radius 3 is 2.83 bits per heavy atom. The minimum absolute atomic E-state index is 0.0865. The Morgan fingerprint density at radius 1 is 1.07 bits per heavy atom. The van der Waals surface area contributed by atoms with Crippen LogP contribution in [0.4, 0.5) is 0 Å². The maximum absolute atomic E-state index is 13.1. The van der Waals surface area contributed by atoms with Gasteiger partial charge in [-0.25, -0.2) is 0 Å². The number of carbonyl (C=O) groups excluding carboxylic acids is 3. The van der Waals surface area contributed by atoms with Gasteiger partial charge in [0.25, 0.3) is 5.91 Å². The van der Waals surface area contributed by atoms with Crippen molar-refractivity contribution < 1.29 is 14.4 Å². The van der Waals surface area contributed by atoms with Gasteiger partial charge in [0.2, 0.25) is 11.8 Å². The van der Waals surface area contributed by atoms with Crippen LogP contribution < -0.4 is 10.6 Å². The van der Waals surface area contributed by atoms with E-state index >= 15 is 0 Å². The van der Waals surface area contributed by atoms with Crippen molar-refractivity contribution in [3.8, 4) is 0 Å². The number of imide groups is 1. The number of fused-ring (bicyclic) bond motifs is 2. The molecule has 7 heteroatoms. The molecule has 7 nitrogen and oxygen atoms in total. The summed E-state index contributed by atoms with van der Waals surface area (Å²) in [6, 6.07) is 6.29. The number of nitrogens with zero attached hydrogens (tertiary/aromatic N) is 2. The molecule has 4 aliphatic heterocycles. The molecule has 1 aromatic rings. The molecule has 0 spiro atoms. The number of likely N-dealkylation sites (tertiary alicyclic amines) is 1. The summed E-state index contributed by atoms with van der Waals surface area (Å²) in [6.45, 7) is 4.67. The summed E-state index contributed by atoms with van der Waals surface area (Å²) in [4.78, 5) is 41.0. The lowest BCUT2D eigenvalue weighted by molar-refractivity contribution is -0.136. The first-order valence-corrected chi connectivity index (χ1v) is 11.3. The van der Waals surface area contributed by atoms with E-state index in [1.54, 1.807) is 4.90 Å². The van der Waals surface area contributed by atoms with Crippen LogP contribution in [-0.2, 0) is 22.7 Å². The Kier molecular flexibility index (Phi) is 5.33. The second kappa shape index (κ2) is 8.12. The zero-order chi connectivity index (χ0) is 20.7. The van der Waals surface area contributed by atoms with E-state index < -0.39 is 6.04 Å². The molecular weight excluding hydrogens is 380 g/mol. The molecule has 3 fully saturated rings. The summed E-state index contributed by atoms with van der Waals surface area (Å²) in [5.74, 6) is 0.0297. The molecule has 160 valence electrons. The molecule has 2 N–H and O–H groups in total. The van der Waals surface area contributed by atoms with Gasteiger partial charge in [-0.15, -0.1) is 0 Å². The van der Waals surface area contributed by atoms with Crippen molar-refractivity contribution in [1.82, 2.24) is 20.4 Å². The number of nitrogens with one attached hydrogen (secondary N) is 2. The molecule has 3 saturated heterocycles. The highest BCUT2D eigenvalue weighted by Gasteiger charge is 2.39. The van der Waals surface area contributed by atoms with Crippen LogP contribution in [0, 0.1) is 5.92 Å². The largest absolute Gasteiger partial charge is 0.322 e. The topological polar surface area (TPSA) is 81.8 Å². The zero-order valence-electron chi connectivity index (χ0n) is 17.4. The van der Waals surface area contributed by atoms with Crippen molar-refractivity contribution in [2.24, 2.45) is 5.92 Å². The van der Waals surface area contributed by atoms with E-state index in [-0.39, 0.29) is 24.1 Å². The first-order valence-electron chi connectivity index (χ1n) is 11.3. The minimum atomic E-state index is -0.549. The second-order valence-electron chi connectivity index (χ2n) is 9.18. The SMILES string of the molecule is O=C1CCC(N2Cc3ccc(CN4CCCC5CNCCCC54)cc3C2=O)C(=O)N1. The fourth-order valence-electron chi connectivity index (χ4n) is 5.72. The Hall–Kier alpha value is -2.25. The van der Waals surface area contributed by atoms with Gasteiger partial charge in [0.05, 0.1) is 0 Å². The van der Waals surface area contributed by atoms with E-state index in [0.717, 1.165) is 37.7 Å². The van der Waals surface area contributed by atoms with Gasteiger partial charge < -0.3 is 10.2 Å². The van der Waals surface area contributed by atoms with Gasteiger partial charge in [0, 0.05) is 31.1 Å². The monoisotopic (exact) mass is 410 g/mol. The summed E-state index contributed by atoms with van der Waals surface area (Å²) in [5.41, 5.74) is 2.86. The van der Waals surface area contributed by atoms with E-state index in [1.807, 2.05) is 12.1 Å². The summed E-state index contributed by atoms with van der Waals surface area (Å²) in [6.07, 6.45) is 5.69. The van der Waals surface area contributed by atoms with Gasteiger partial charge in [-0.1, -0.05) is 12.1 Å². The van der Waals surface area contributed by atoms with E-state index in [9.17, 15) is 14.4 Å². The van der Waals surface area contributed by atoms with Crippen LogP contribution in [0.2, 0.25) is 0 Å². The molecule has 4 heterocycles. The maximum atomic E-state index is 13.1. The molecule has 0 bridgehead atoms. The third-order valence-corrected chi connectivity index (χ3v) is 7.27. The number of hydrogen-bond donors (Lipinski definition) is 2. The molecule has 5 rings (SSSR count). The van der Waals surface area contributed by atoms with Crippen LogP contribution in [0.25, 0.3) is 0 Å². The number of amides is 3. The van der Waals surface area contributed by atoms with Crippen molar-refractivity contribution in [3.05, 3.63) is 34.9 Å². The van der Waals surface area contributed by atoms with Crippen LogP contribution in [0.15, 0.2) is 18.2 Å². The average molecular weight is 411 g/mol. The Bertz CT molecular complexity index is 870. The number of benzene rings is 1. The van der Waals surface area contributed by atoms with E-state index in [2.05, 4.69) is 21.6 Å². The normalized spacial score (nSPS) is 29.9. The molecule has 0 aliphatic carbocycles. The quantitative estimate of drug-likeness (QED) is 0.737. The first kappa shape index (κ1) is 19.7. The molecule has 0 radical (unpaired) electrons. The number of piperidine rings is 2. The summed E-state index contributed by atoms with van der Waals surface area (Å²) in [5, 5.41) is 5.95. The van der Waals surface area contributed by atoms with Gasteiger partial charge in [-0.2, -0.15) is 0 Å². The third kappa shape index (κ3) is 3.65. The van der Waals surface area contributed by atoms with Crippen molar-refractivity contribution in [2.45, 2.75) is 63.7 Å². The maximum Gasteiger partial charge on any atom is 0.255 e. The van der Waals surface area contributed by atoms with E-state index in [0.29, 0.717) is 24.6 Å².